The van der Waals surface area contributed by atoms with E-state index in [1.807, 2.05) is 0 Å². The minimum absolute atomic E-state index is 0. The molecule has 0 aromatic carbocycles. The molecule has 0 saturated heterocycles. The van der Waals surface area contributed by atoms with E-state index in [2.05, 4.69) is 13.8 Å². The Morgan fingerprint density at radius 1 is 1.06 bits per heavy atom. The summed E-state index contributed by atoms with van der Waals surface area (Å²) in [5.41, 5.74) is -2.54. The van der Waals surface area contributed by atoms with E-state index in [4.69, 9.17) is 16.3 Å². The molecule has 108 valence electrons. The van der Waals surface area contributed by atoms with Gasteiger partial charge in [0.2, 0.25) is 5.69 Å². The Hall–Kier alpha value is 2.18. The van der Waals surface area contributed by atoms with E-state index in [0.717, 1.165) is 18.6 Å². The Bertz CT molecular complexity index is 210. The average molecular weight is 341 g/mol. The van der Waals surface area contributed by atoms with E-state index in [-0.39, 0.29) is 40.6 Å². The number of hydrogen-bond acceptors (Lipinski definition) is 3. The molecule has 0 aromatic heterocycles. The van der Waals surface area contributed by atoms with Crippen molar-refractivity contribution in [2.45, 2.75) is 65.2 Å². The van der Waals surface area contributed by atoms with Gasteiger partial charge in [0.25, 0.3) is 0 Å². The summed E-state index contributed by atoms with van der Waals surface area (Å²) in [6.45, 7) is 5.00. The van der Waals surface area contributed by atoms with Crippen LogP contribution in [0.25, 0.3) is 0 Å². The van der Waals surface area contributed by atoms with Crippen molar-refractivity contribution in [2.24, 2.45) is 0 Å². The molecule has 6 heteroatoms. The molecule has 0 bridgehead atoms. The summed E-state index contributed by atoms with van der Waals surface area (Å²) in [5.74, 6) is 0.933. The molecule has 0 spiro atoms. The molecule has 0 heterocycles. The molecule has 0 aliphatic carbocycles. The van der Waals surface area contributed by atoms with Crippen LogP contribution >= 0.6 is 17.1 Å². The van der Waals surface area contributed by atoms with Crippen LogP contribution in [0.4, 0.5) is 0 Å². The van der Waals surface area contributed by atoms with Crippen molar-refractivity contribution < 1.29 is 12.3 Å². The Labute approximate surface area is 155 Å². The topological polar surface area (TPSA) is 29.5 Å². The first kappa shape index (κ1) is 22.5. The molecule has 0 rings (SSSR count). The second kappa shape index (κ2) is 15.6. The fourth-order valence-electron chi connectivity index (χ4n) is 1.45. The molecule has 0 fully saturated rings. The zero-order chi connectivity index (χ0) is 13.0. The van der Waals surface area contributed by atoms with E-state index < -0.39 is 5.69 Å². The van der Waals surface area contributed by atoms with E-state index >= 15 is 0 Å². The first-order valence-electron chi connectivity index (χ1n) is 6.74. The van der Waals surface area contributed by atoms with Gasteiger partial charge in [-0.1, -0.05) is 63.8 Å². The van der Waals surface area contributed by atoms with Gasteiger partial charge in [-0.05, 0) is 24.6 Å². The molecule has 18 heavy (non-hydrogen) atoms. The van der Waals surface area contributed by atoms with Gasteiger partial charge < -0.3 is 12.3 Å². The van der Waals surface area contributed by atoms with Gasteiger partial charge in [0.1, 0.15) is 0 Å². The second-order valence-corrected chi connectivity index (χ2v) is 10.6. The predicted octanol–water partition coefficient (Wildman–Crippen LogP) is 4.96. The molecule has 0 amide bonds. The largest absolute Gasteiger partial charge is 2.00 e. The maximum absolute atomic E-state index is 9.89. The molecular weight excluding hydrogens is 311 g/mol. The van der Waals surface area contributed by atoms with Crippen molar-refractivity contribution in [3.63, 3.8) is 0 Å². The third-order valence-corrected chi connectivity index (χ3v) is 6.92. The predicted molar refractivity (Wildman–Crippen MR) is 91.2 cm³/mol. The van der Waals surface area contributed by atoms with Crippen LogP contribution in [0.15, 0.2) is 0 Å². The summed E-state index contributed by atoms with van der Waals surface area (Å²) >= 11 is 6.56. The molecule has 0 aromatic rings. The average Bonchev–Trinajstić information content (AvgIpc) is 2.28. The first-order valence-corrected chi connectivity index (χ1v) is 11.0. The second-order valence-electron chi connectivity index (χ2n) is 4.26. The Morgan fingerprint density at radius 2 is 1.61 bits per heavy atom. The Balaban J connectivity index is -0.000000427. The summed E-state index contributed by atoms with van der Waals surface area (Å²) in [5, 5.41) is 0. The normalized spacial score (nSPS) is 13.9. The number of hydrogen-bond donors (Lipinski definition) is 1. The Morgan fingerprint density at radius 3 is 2.17 bits per heavy atom. The molecule has 1 atom stereocenters. The molecule has 1 N–H and O–H groups in total. The maximum atomic E-state index is 9.89. The third kappa shape index (κ3) is 16.2. The van der Waals surface area contributed by atoms with Crippen LogP contribution < -0.4 is 0 Å². The van der Waals surface area contributed by atoms with Crippen molar-refractivity contribution in [2.75, 3.05) is 12.4 Å². The molecule has 0 radical (unpaired) electrons. The number of rotatable bonds is 12. The molecule has 0 aliphatic heterocycles. The van der Waals surface area contributed by atoms with Gasteiger partial charge in [-0.25, -0.2) is 0 Å². The minimum atomic E-state index is -2.54. The molecule has 2 nitrogen and oxygen atoms in total. The van der Waals surface area contributed by atoms with Crippen molar-refractivity contribution in [1.82, 2.24) is 0 Å². The summed E-state index contributed by atoms with van der Waals surface area (Å²) < 4.78 is 5.43. The number of unbranched alkanes of at least 4 members (excludes halogenated alkanes) is 6. The van der Waals surface area contributed by atoms with Crippen LogP contribution in [0.5, 0.6) is 0 Å². The van der Waals surface area contributed by atoms with Crippen molar-refractivity contribution in [3.8, 4) is 0 Å². The SMILES string of the molecule is CCCCCCOP(O)(=S)SCCCCCC.[Ca+2].[H-].[H-]. The van der Waals surface area contributed by atoms with E-state index in [1.54, 1.807) is 0 Å². The Kier molecular flexibility index (Phi) is 19.4. The van der Waals surface area contributed by atoms with Crippen molar-refractivity contribution >= 4 is 66.6 Å². The molecule has 1 unspecified atom stereocenters. The minimum Gasteiger partial charge on any atom is -1.00 e. The van der Waals surface area contributed by atoms with Gasteiger partial charge in [-0.2, -0.15) is 0 Å². The quantitative estimate of drug-likeness (QED) is 0.309. The van der Waals surface area contributed by atoms with Crippen LogP contribution in [-0.4, -0.2) is 55.0 Å². The molecule has 0 aliphatic rings. The molecule has 0 saturated carbocycles. The van der Waals surface area contributed by atoms with Gasteiger partial charge in [-0.15, -0.1) is 0 Å². The first-order chi connectivity index (χ1) is 8.12. The zero-order valence-corrected chi connectivity index (χ0v) is 16.6. The summed E-state index contributed by atoms with van der Waals surface area (Å²) in [6, 6.07) is 0. The monoisotopic (exact) mass is 340 g/mol. The van der Waals surface area contributed by atoms with E-state index in [0.29, 0.717) is 6.61 Å². The molecular formula is C12H29CaO2PS2. The smallest absolute Gasteiger partial charge is 1.00 e. The maximum Gasteiger partial charge on any atom is 2.00 e. The van der Waals surface area contributed by atoms with Gasteiger partial charge in [0.15, 0.2) is 0 Å². The van der Waals surface area contributed by atoms with Crippen LogP contribution in [0.2, 0.25) is 0 Å². The van der Waals surface area contributed by atoms with Gasteiger partial charge in [0.05, 0.1) is 6.61 Å². The fourth-order valence-corrected chi connectivity index (χ4v) is 4.87. The summed E-state index contributed by atoms with van der Waals surface area (Å²) in [6.07, 6.45) is 9.53. The van der Waals surface area contributed by atoms with Crippen LogP contribution in [0.3, 0.4) is 0 Å². The zero-order valence-electron chi connectivity index (χ0n) is 13.9. The van der Waals surface area contributed by atoms with Gasteiger partial charge in [0, 0.05) is 5.75 Å². The van der Waals surface area contributed by atoms with Crippen molar-refractivity contribution in [3.05, 3.63) is 0 Å². The standard InChI is InChI=1S/C12H27O2PS2.Ca.2H/c1-3-5-7-9-11-14-15(13,16)17-12-10-8-6-4-2;;;/h3-12H2,1-2H3,(H,13,16);;;/q;+2;2*-1. The summed E-state index contributed by atoms with van der Waals surface area (Å²) in [7, 11) is 0. The van der Waals surface area contributed by atoms with Crippen LogP contribution in [-0.2, 0) is 16.3 Å². The van der Waals surface area contributed by atoms with Crippen LogP contribution in [0.1, 0.15) is 68.1 Å². The van der Waals surface area contributed by atoms with Gasteiger partial charge in [-0.3, -0.25) is 0 Å². The fraction of sp³-hybridized carbons (Fsp3) is 1.00. The van der Waals surface area contributed by atoms with Gasteiger partial charge >= 0.3 is 37.7 Å². The summed E-state index contributed by atoms with van der Waals surface area (Å²) in [4.78, 5) is 9.89. The third-order valence-electron chi connectivity index (χ3n) is 2.50. The van der Waals surface area contributed by atoms with Crippen LogP contribution in [0, 0.1) is 0 Å². The van der Waals surface area contributed by atoms with E-state index in [9.17, 15) is 4.89 Å². The van der Waals surface area contributed by atoms with E-state index in [1.165, 1.54) is 49.9 Å². The van der Waals surface area contributed by atoms with Crippen molar-refractivity contribution in [1.29, 1.82) is 0 Å².